The number of aromatic nitrogens is 3. The maximum absolute atomic E-state index is 11.9. The molecule has 1 saturated carbocycles. The summed E-state index contributed by atoms with van der Waals surface area (Å²) < 4.78 is 6.94. The molecule has 0 radical (unpaired) electrons. The number of hydrogen-bond acceptors (Lipinski definition) is 5. The van der Waals surface area contributed by atoms with Crippen LogP contribution in [0, 0.1) is 5.92 Å². The van der Waals surface area contributed by atoms with Crippen molar-refractivity contribution in [1.29, 1.82) is 0 Å². The third-order valence-corrected chi connectivity index (χ3v) is 4.74. The molecule has 1 N–H and O–H groups in total. The van der Waals surface area contributed by atoms with Gasteiger partial charge in [-0.2, -0.15) is 0 Å². The molecule has 2 rings (SSSR count). The molecule has 1 fully saturated rings. The zero-order chi connectivity index (χ0) is 14.9. The first kappa shape index (κ1) is 16.3. The van der Waals surface area contributed by atoms with E-state index in [1.165, 1.54) is 43.9 Å². The molecule has 1 aliphatic carbocycles. The Morgan fingerprint density at radius 3 is 3.05 bits per heavy atom. The zero-order valence-corrected chi connectivity index (χ0v) is 13.4. The van der Waals surface area contributed by atoms with E-state index in [1.807, 2.05) is 4.57 Å². The van der Waals surface area contributed by atoms with Crippen molar-refractivity contribution in [3.05, 3.63) is 6.33 Å². The van der Waals surface area contributed by atoms with Crippen LogP contribution in [0.3, 0.4) is 0 Å². The Morgan fingerprint density at radius 1 is 1.48 bits per heavy atom. The summed E-state index contributed by atoms with van der Waals surface area (Å²) in [6, 6.07) is 0. The average Bonchev–Trinajstić information content (AvgIpc) is 2.97. The number of ether oxygens (including phenoxy) is 1. The molecule has 0 bridgehead atoms. The molecule has 0 unspecified atom stereocenters. The number of carbonyl (C=O) groups is 1. The topological polar surface area (TPSA) is 69.0 Å². The highest BCUT2D eigenvalue weighted by atomic mass is 32.2. The van der Waals surface area contributed by atoms with E-state index in [0.717, 1.165) is 11.7 Å². The van der Waals surface area contributed by atoms with Crippen molar-refractivity contribution in [2.45, 2.75) is 43.8 Å². The Bertz CT molecular complexity index is 432. The third-order valence-electron chi connectivity index (χ3n) is 3.76. The first-order valence-corrected chi connectivity index (χ1v) is 8.54. The lowest BCUT2D eigenvalue weighted by Gasteiger charge is -2.21. The summed E-state index contributed by atoms with van der Waals surface area (Å²) in [5.74, 6) is 1.13. The monoisotopic (exact) mass is 312 g/mol. The SMILES string of the molecule is COCCn1cnnc1SCC(=O)NCC1CCCCC1. The van der Waals surface area contributed by atoms with Gasteiger partial charge in [0.15, 0.2) is 5.16 Å². The van der Waals surface area contributed by atoms with Crippen molar-refractivity contribution >= 4 is 17.7 Å². The number of methoxy groups -OCH3 is 1. The van der Waals surface area contributed by atoms with Crippen LogP contribution in [0.5, 0.6) is 0 Å². The first-order chi connectivity index (χ1) is 10.3. The highest BCUT2D eigenvalue weighted by Gasteiger charge is 2.15. The first-order valence-electron chi connectivity index (χ1n) is 7.56. The van der Waals surface area contributed by atoms with Crippen LogP contribution >= 0.6 is 11.8 Å². The predicted octanol–water partition coefficient (Wildman–Crippen LogP) is 1.71. The summed E-state index contributed by atoms with van der Waals surface area (Å²) in [7, 11) is 1.66. The number of hydrogen-bond donors (Lipinski definition) is 1. The van der Waals surface area contributed by atoms with E-state index in [0.29, 0.717) is 24.8 Å². The molecule has 21 heavy (non-hydrogen) atoms. The number of rotatable bonds is 8. The van der Waals surface area contributed by atoms with Gasteiger partial charge in [-0.15, -0.1) is 10.2 Å². The molecule has 118 valence electrons. The molecule has 1 aromatic rings. The Morgan fingerprint density at radius 2 is 2.29 bits per heavy atom. The molecule has 0 aliphatic heterocycles. The molecule has 1 aliphatic rings. The maximum atomic E-state index is 11.9. The third kappa shape index (κ3) is 5.67. The summed E-state index contributed by atoms with van der Waals surface area (Å²) in [5, 5.41) is 11.7. The minimum atomic E-state index is 0.0758. The van der Waals surface area contributed by atoms with Crippen molar-refractivity contribution in [2.24, 2.45) is 5.92 Å². The summed E-state index contributed by atoms with van der Waals surface area (Å²) >= 11 is 1.42. The van der Waals surface area contributed by atoms with Crippen molar-refractivity contribution in [3.63, 3.8) is 0 Å². The predicted molar refractivity (Wildman–Crippen MR) is 82.2 cm³/mol. The van der Waals surface area contributed by atoms with Gasteiger partial charge in [-0.1, -0.05) is 31.0 Å². The Kier molecular flexibility index (Phi) is 7.02. The lowest BCUT2D eigenvalue weighted by Crippen LogP contribution is -2.31. The van der Waals surface area contributed by atoms with Gasteiger partial charge in [0.2, 0.25) is 5.91 Å². The van der Waals surface area contributed by atoms with Crippen LogP contribution in [0.4, 0.5) is 0 Å². The van der Waals surface area contributed by atoms with E-state index in [1.54, 1.807) is 13.4 Å². The number of thioether (sulfide) groups is 1. The quantitative estimate of drug-likeness (QED) is 0.740. The summed E-state index contributed by atoms with van der Waals surface area (Å²) in [5.41, 5.74) is 0. The second kappa shape index (κ2) is 9.04. The average molecular weight is 312 g/mol. The molecule has 0 saturated heterocycles. The molecular weight excluding hydrogens is 288 g/mol. The van der Waals surface area contributed by atoms with E-state index in [2.05, 4.69) is 15.5 Å². The van der Waals surface area contributed by atoms with Gasteiger partial charge in [-0.3, -0.25) is 4.79 Å². The normalized spacial score (nSPS) is 16.0. The number of carbonyl (C=O) groups excluding carboxylic acids is 1. The molecule has 1 heterocycles. The molecule has 0 atom stereocenters. The van der Waals surface area contributed by atoms with Crippen LogP contribution in [0.15, 0.2) is 11.5 Å². The standard InChI is InChI=1S/C14H24N4O2S/c1-20-8-7-18-11-16-17-14(18)21-10-13(19)15-9-12-5-3-2-4-6-12/h11-12H,2-10H2,1H3,(H,15,19). The van der Waals surface area contributed by atoms with E-state index in [4.69, 9.17) is 4.74 Å². The van der Waals surface area contributed by atoms with E-state index in [9.17, 15) is 4.79 Å². The number of nitrogens with zero attached hydrogens (tertiary/aromatic N) is 3. The Balaban J connectivity index is 1.67. The number of nitrogens with one attached hydrogen (secondary N) is 1. The number of amides is 1. The minimum absolute atomic E-state index is 0.0758. The summed E-state index contributed by atoms with van der Waals surface area (Å²) in [4.78, 5) is 11.9. The second-order valence-corrected chi connectivity index (χ2v) is 6.34. The van der Waals surface area contributed by atoms with Crippen LogP contribution < -0.4 is 5.32 Å². The van der Waals surface area contributed by atoms with Gasteiger partial charge in [0, 0.05) is 20.2 Å². The lowest BCUT2D eigenvalue weighted by atomic mass is 9.89. The van der Waals surface area contributed by atoms with Gasteiger partial charge in [0.05, 0.1) is 12.4 Å². The van der Waals surface area contributed by atoms with Gasteiger partial charge >= 0.3 is 0 Å². The van der Waals surface area contributed by atoms with Crippen LogP contribution in [0.25, 0.3) is 0 Å². The van der Waals surface area contributed by atoms with Gasteiger partial charge in [0.25, 0.3) is 0 Å². The fraction of sp³-hybridized carbons (Fsp3) is 0.786. The van der Waals surface area contributed by atoms with Crippen LogP contribution in [-0.4, -0.2) is 46.7 Å². The van der Waals surface area contributed by atoms with Crippen LogP contribution in [0.2, 0.25) is 0 Å². The van der Waals surface area contributed by atoms with Crippen LogP contribution in [-0.2, 0) is 16.1 Å². The fourth-order valence-corrected chi connectivity index (χ4v) is 3.30. The molecule has 1 aromatic heterocycles. The smallest absolute Gasteiger partial charge is 0.230 e. The summed E-state index contributed by atoms with van der Waals surface area (Å²) in [6.07, 6.45) is 8.12. The zero-order valence-electron chi connectivity index (χ0n) is 12.6. The van der Waals surface area contributed by atoms with Crippen molar-refractivity contribution in [1.82, 2.24) is 20.1 Å². The van der Waals surface area contributed by atoms with Gasteiger partial charge in [0.1, 0.15) is 6.33 Å². The van der Waals surface area contributed by atoms with Gasteiger partial charge in [-0.05, 0) is 18.8 Å². The molecular formula is C14H24N4O2S. The molecule has 7 heteroatoms. The Hall–Kier alpha value is -1.08. The van der Waals surface area contributed by atoms with E-state index in [-0.39, 0.29) is 5.91 Å². The Labute approximate surface area is 130 Å². The van der Waals surface area contributed by atoms with E-state index < -0.39 is 0 Å². The van der Waals surface area contributed by atoms with Crippen molar-refractivity contribution in [2.75, 3.05) is 26.0 Å². The fourth-order valence-electron chi connectivity index (χ4n) is 2.53. The van der Waals surface area contributed by atoms with Crippen molar-refractivity contribution < 1.29 is 9.53 Å². The highest BCUT2D eigenvalue weighted by Crippen LogP contribution is 2.22. The summed E-state index contributed by atoms with van der Waals surface area (Å²) in [6.45, 7) is 2.13. The van der Waals surface area contributed by atoms with Gasteiger partial charge < -0.3 is 14.6 Å². The molecule has 0 spiro atoms. The molecule has 6 nitrogen and oxygen atoms in total. The van der Waals surface area contributed by atoms with Crippen molar-refractivity contribution in [3.8, 4) is 0 Å². The molecule has 0 aromatic carbocycles. The largest absolute Gasteiger partial charge is 0.383 e. The molecule has 1 amide bonds. The second-order valence-electron chi connectivity index (χ2n) is 5.40. The van der Waals surface area contributed by atoms with Crippen LogP contribution in [0.1, 0.15) is 32.1 Å². The van der Waals surface area contributed by atoms with Gasteiger partial charge in [-0.25, -0.2) is 0 Å². The highest BCUT2D eigenvalue weighted by molar-refractivity contribution is 7.99. The van der Waals surface area contributed by atoms with E-state index >= 15 is 0 Å². The maximum Gasteiger partial charge on any atom is 0.230 e. The lowest BCUT2D eigenvalue weighted by molar-refractivity contribution is -0.118. The minimum Gasteiger partial charge on any atom is -0.383 e.